The van der Waals surface area contributed by atoms with Gasteiger partial charge in [-0.15, -0.1) is 0 Å². The quantitative estimate of drug-likeness (QED) is 0.419. The van der Waals surface area contributed by atoms with E-state index in [2.05, 4.69) is 50.6 Å². The van der Waals surface area contributed by atoms with E-state index in [-0.39, 0.29) is 0 Å². The lowest BCUT2D eigenvalue weighted by atomic mass is 9.99. The van der Waals surface area contributed by atoms with Crippen LogP contribution in [0.1, 0.15) is 12.8 Å². The lowest BCUT2D eigenvalue weighted by Gasteiger charge is -2.15. The Labute approximate surface area is 185 Å². The van der Waals surface area contributed by atoms with Crippen molar-refractivity contribution in [2.24, 2.45) is 0 Å². The molecule has 2 N–H and O–H groups in total. The number of aromatic amines is 1. The molecule has 0 bridgehead atoms. The Kier molecular flexibility index (Phi) is 4.77. The van der Waals surface area contributed by atoms with Gasteiger partial charge in [0.2, 0.25) is 0 Å². The fourth-order valence-electron chi connectivity index (χ4n) is 4.52. The van der Waals surface area contributed by atoms with Gasteiger partial charge in [0.25, 0.3) is 0 Å². The van der Waals surface area contributed by atoms with E-state index in [1.165, 1.54) is 6.42 Å². The zero-order chi connectivity index (χ0) is 21.3. The molecule has 4 aromatic heterocycles. The molecular weight excluding hydrogens is 398 g/mol. The Morgan fingerprint density at radius 1 is 1.00 bits per heavy atom. The SMILES string of the molecule is c1cnc2cc(-c3c(-c4ccncc4OC[C@@H]4CCCN4)[nH]c4cccnc34)ccc2c1. The summed E-state index contributed by atoms with van der Waals surface area (Å²) in [5.41, 5.74) is 6.94. The zero-order valence-electron chi connectivity index (χ0n) is 17.6. The summed E-state index contributed by atoms with van der Waals surface area (Å²) < 4.78 is 6.25. The van der Waals surface area contributed by atoms with Gasteiger partial charge in [-0.05, 0) is 55.3 Å². The van der Waals surface area contributed by atoms with Crippen LogP contribution in [-0.2, 0) is 0 Å². The highest BCUT2D eigenvalue weighted by molar-refractivity contribution is 6.03. The van der Waals surface area contributed by atoms with Gasteiger partial charge < -0.3 is 15.0 Å². The highest BCUT2D eigenvalue weighted by Crippen LogP contribution is 2.41. The van der Waals surface area contributed by atoms with Crippen LogP contribution in [-0.4, -0.2) is 39.1 Å². The molecule has 1 aliphatic rings. The van der Waals surface area contributed by atoms with E-state index in [0.717, 1.165) is 63.0 Å². The number of hydrogen-bond acceptors (Lipinski definition) is 5. The van der Waals surface area contributed by atoms with E-state index in [1.54, 1.807) is 12.4 Å². The number of rotatable bonds is 5. The smallest absolute Gasteiger partial charge is 0.146 e. The highest BCUT2D eigenvalue weighted by Gasteiger charge is 2.21. The maximum absolute atomic E-state index is 6.25. The van der Waals surface area contributed by atoms with Crippen molar-refractivity contribution in [2.75, 3.05) is 13.2 Å². The van der Waals surface area contributed by atoms with Gasteiger partial charge in [0, 0.05) is 41.1 Å². The zero-order valence-corrected chi connectivity index (χ0v) is 17.6. The number of nitrogens with one attached hydrogen (secondary N) is 2. The van der Waals surface area contributed by atoms with Crippen molar-refractivity contribution in [3.8, 4) is 28.1 Å². The van der Waals surface area contributed by atoms with Crippen molar-refractivity contribution in [1.82, 2.24) is 25.3 Å². The second-order valence-electron chi connectivity index (χ2n) is 8.16. The van der Waals surface area contributed by atoms with Crippen LogP contribution in [0.3, 0.4) is 0 Å². The number of nitrogens with zero attached hydrogens (tertiary/aromatic N) is 3. The number of ether oxygens (including phenoxy) is 1. The standard InChI is InChI=1S/C26H23N5O/c1-4-17-7-8-18(14-22(17)29-11-1)24-25(31-21-6-3-12-30-26(21)24)20-9-13-27-15-23(20)32-16-19-5-2-10-28-19/h1,3-4,6-9,11-15,19,28,31H,2,5,10,16H2/t19-/m0/s1. The maximum atomic E-state index is 6.25. The Bertz CT molecular complexity index is 1400. The van der Waals surface area contributed by atoms with Crippen molar-refractivity contribution in [3.05, 3.63) is 73.3 Å². The van der Waals surface area contributed by atoms with Crippen LogP contribution in [0, 0.1) is 0 Å². The largest absolute Gasteiger partial charge is 0.490 e. The number of hydrogen-bond donors (Lipinski definition) is 2. The molecule has 1 atom stereocenters. The lowest BCUT2D eigenvalue weighted by Crippen LogP contribution is -2.28. The minimum absolute atomic E-state index is 0.387. The van der Waals surface area contributed by atoms with Crippen molar-refractivity contribution in [2.45, 2.75) is 18.9 Å². The van der Waals surface area contributed by atoms with Crippen LogP contribution in [0.5, 0.6) is 5.75 Å². The molecule has 1 aliphatic heterocycles. The fraction of sp³-hybridized carbons (Fsp3) is 0.192. The minimum Gasteiger partial charge on any atom is -0.490 e. The van der Waals surface area contributed by atoms with Crippen molar-refractivity contribution >= 4 is 21.9 Å². The van der Waals surface area contributed by atoms with E-state index in [1.807, 2.05) is 30.6 Å². The van der Waals surface area contributed by atoms with Crippen molar-refractivity contribution in [1.29, 1.82) is 0 Å². The van der Waals surface area contributed by atoms with Crippen LogP contribution in [0.2, 0.25) is 0 Å². The second kappa shape index (κ2) is 8.05. The highest BCUT2D eigenvalue weighted by atomic mass is 16.5. The average Bonchev–Trinajstić information content (AvgIpc) is 3.50. The third-order valence-electron chi connectivity index (χ3n) is 6.11. The van der Waals surface area contributed by atoms with E-state index < -0.39 is 0 Å². The summed E-state index contributed by atoms with van der Waals surface area (Å²) in [5.74, 6) is 0.771. The molecule has 0 unspecified atom stereocenters. The monoisotopic (exact) mass is 421 g/mol. The normalized spacial score (nSPS) is 16.1. The van der Waals surface area contributed by atoms with Gasteiger partial charge in [-0.25, -0.2) is 0 Å². The fourth-order valence-corrected chi connectivity index (χ4v) is 4.52. The molecule has 158 valence electrons. The van der Waals surface area contributed by atoms with Gasteiger partial charge in [-0.3, -0.25) is 15.0 Å². The molecular formula is C26H23N5O. The summed E-state index contributed by atoms with van der Waals surface area (Å²) in [6.45, 7) is 1.69. The summed E-state index contributed by atoms with van der Waals surface area (Å²) >= 11 is 0. The van der Waals surface area contributed by atoms with Crippen LogP contribution < -0.4 is 10.1 Å². The molecule has 5 aromatic rings. The number of aromatic nitrogens is 4. The van der Waals surface area contributed by atoms with Gasteiger partial charge in [-0.2, -0.15) is 0 Å². The first kappa shape index (κ1) is 19.0. The summed E-state index contributed by atoms with van der Waals surface area (Å²) in [5, 5.41) is 4.61. The third-order valence-corrected chi connectivity index (χ3v) is 6.11. The average molecular weight is 422 g/mol. The molecule has 32 heavy (non-hydrogen) atoms. The summed E-state index contributed by atoms with van der Waals surface area (Å²) in [6, 6.07) is 16.8. The Morgan fingerprint density at radius 3 is 2.88 bits per heavy atom. The van der Waals surface area contributed by atoms with E-state index in [4.69, 9.17) is 9.72 Å². The van der Waals surface area contributed by atoms with E-state index in [0.29, 0.717) is 12.6 Å². The maximum Gasteiger partial charge on any atom is 0.146 e. The first-order valence-electron chi connectivity index (χ1n) is 11.0. The number of fused-ring (bicyclic) bond motifs is 2. The Balaban J connectivity index is 1.50. The summed E-state index contributed by atoms with van der Waals surface area (Å²) in [4.78, 5) is 17.2. The molecule has 1 fully saturated rings. The van der Waals surface area contributed by atoms with Crippen LogP contribution in [0.4, 0.5) is 0 Å². The lowest BCUT2D eigenvalue weighted by molar-refractivity contribution is 0.277. The molecule has 5 heterocycles. The van der Waals surface area contributed by atoms with Crippen LogP contribution in [0.25, 0.3) is 44.3 Å². The van der Waals surface area contributed by atoms with Gasteiger partial charge in [0.1, 0.15) is 12.4 Å². The molecule has 1 saturated heterocycles. The summed E-state index contributed by atoms with van der Waals surface area (Å²) in [7, 11) is 0. The molecule has 0 radical (unpaired) electrons. The minimum atomic E-state index is 0.387. The third kappa shape index (κ3) is 3.39. The van der Waals surface area contributed by atoms with Gasteiger partial charge in [-0.1, -0.05) is 18.2 Å². The number of benzene rings is 1. The van der Waals surface area contributed by atoms with E-state index >= 15 is 0 Å². The molecule has 6 rings (SSSR count). The van der Waals surface area contributed by atoms with Crippen LogP contribution >= 0.6 is 0 Å². The Hall–Kier alpha value is -3.77. The van der Waals surface area contributed by atoms with Gasteiger partial charge in [0.05, 0.1) is 28.4 Å². The molecule has 0 aliphatic carbocycles. The first-order chi connectivity index (χ1) is 15.9. The van der Waals surface area contributed by atoms with E-state index in [9.17, 15) is 0 Å². The van der Waals surface area contributed by atoms with Gasteiger partial charge in [0.15, 0.2) is 0 Å². The molecule has 0 saturated carbocycles. The molecule has 6 heteroatoms. The molecule has 0 spiro atoms. The molecule has 1 aromatic carbocycles. The predicted molar refractivity (Wildman–Crippen MR) is 127 cm³/mol. The first-order valence-corrected chi connectivity index (χ1v) is 11.0. The second-order valence-corrected chi connectivity index (χ2v) is 8.16. The van der Waals surface area contributed by atoms with Crippen LogP contribution in [0.15, 0.2) is 73.3 Å². The summed E-state index contributed by atoms with van der Waals surface area (Å²) in [6.07, 6.45) is 9.60. The van der Waals surface area contributed by atoms with Crippen molar-refractivity contribution < 1.29 is 4.74 Å². The number of H-pyrrole nitrogens is 1. The topological polar surface area (TPSA) is 75.7 Å². The number of pyridine rings is 3. The Morgan fingerprint density at radius 2 is 1.94 bits per heavy atom. The van der Waals surface area contributed by atoms with Gasteiger partial charge >= 0.3 is 0 Å². The van der Waals surface area contributed by atoms with Crippen molar-refractivity contribution in [3.63, 3.8) is 0 Å². The molecule has 6 nitrogen and oxygen atoms in total. The predicted octanol–water partition coefficient (Wildman–Crippen LogP) is 4.97. The molecule has 0 amide bonds.